The molecule has 0 bridgehead atoms. The van der Waals surface area contributed by atoms with Crippen LogP contribution in [0.1, 0.15) is 25.0 Å². The van der Waals surface area contributed by atoms with Crippen LogP contribution < -0.4 is 0 Å². The summed E-state index contributed by atoms with van der Waals surface area (Å²) >= 11 is 0. The van der Waals surface area contributed by atoms with Crippen molar-refractivity contribution < 1.29 is 0 Å². The molecule has 1 aliphatic carbocycles. The lowest BCUT2D eigenvalue weighted by Gasteiger charge is -2.22. The molecule has 10 rings (SSSR count). The maximum absolute atomic E-state index is 5.11. The largest absolute Gasteiger partial charge is 0.228 e. The monoisotopic (exact) mass is 702 g/mol. The summed E-state index contributed by atoms with van der Waals surface area (Å²) in [5.41, 5.74) is 17.5. The van der Waals surface area contributed by atoms with E-state index in [2.05, 4.69) is 184 Å². The van der Waals surface area contributed by atoms with E-state index in [9.17, 15) is 0 Å². The Morgan fingerprint density at radius 2 is 0.764 bits per heavy atom. The summed E-state index contributed by atoms with van der Waals surface area (Å²) in [4.78, 5) is 10.2. The lowest BCUT2D eigenvalue weighted by Crippen LogP contribution is -2.14. The van der Waals surface area contributed by atoms with Crippen LogP contribution in [0.25, 0.3) is 89.2 Å². The summed E-state index contributed by atoms with van der Waals surface area (Å²) in [6, 6.07) is 69.6. The Balaban J connectivity index is 0.981. The number of benzene rings is 8. The number of rotatable bonds is 6. The summed E-state index contributed by atoms with van der Waals surface area (Å²) in [5, 5.41) is 2.58. The second-order valence-corrected chi connectivity index (χ2v) is 15.1. The van der Waals surface area contributed by atoms with Crippen molar-refractivity contribution in [1.29, 1.82) is 0 Å². The van der Waals surface area contributed by atoms with Crippen molar-refractivity contribution >= 4 is 10.8 Å². The highest BCUT2D eigenvalue weighted by molar-refractivity contribution is 5.94. The summed E-state index contributed by atoms with van der Waals surface area (Å²) in [5.74, 6) is 0.712. The Kier molecular flexibility index (Phi) is 7.85. The van der Waals surface area contributed by atoms with Crippen LogP contribution in [-0.4, -0.2) is 9.97 Å². The normalized spacial score (nSPS) is 12.7. The first-order valence-corrected chi connectivity index (χ1v) is 19.0. The van der Waals surface area contributed by atoms with Gasteiger partial charge in [-0.15, -0.1) is 0 Å². The van der Waals surface area contributed by atoms with Gasteiger partial charge in [-0.2, -0.15) is 0 Å². The fourth-order valence-electron chi connectivity index (χ4n) is 8.25. The predicted molar refractivity (Wildman–Crippen MR) is 230 cm³/mol. The van der Waals surface area contributed by atoms with Crippen LogP contribution in [0.4, 0.5) is 0 Å². The van der Waals surface area contributed by atoms with Crippen molar-refractivity contribution in [2.45, 2.75) is 19.3 Å². The van der Waals surface area contributed by atoms with Crippen molar-refractivity contribution in [2.75, 3.05) is 0 Å². The summed E-state index contributed by atoms with van der Waals surface area (Å²) < 4.78 is 0. The Labute approximate surface area is 322 Å². The van der Waals surface area contributed by atoms with Crippen molar-refractivity contribution in [2.24, 2.45) is 0 Å². The number of hydrogen-bond acceptors (Lipinski definition) is 2. The third kappa shape index (κ3) is 5.93. The number of aromatic nitrogens is 2. The molecule has 0 atom stereocenters. The van der Waals surface area contributed by atoms with Crippen molar-refractivity contribution in [3.05, 3.63) is 205 Å². The van der Waals surface area contributed by atoms with E-state index in [1.165, 1.54) is 60.8 Å². The molecule has 0 saturated heterocycles. The average molecular weight is 703 g/mol. The maximum Gasteiger partial charge on any atom is 0.160 e. The molecular formula is C53H38N2. The Morgan fingerprint density at radius 1 is 0.309 bits per heavy atom. The quantitative estimate of drug-likeness (QED) is 0.172. The number of fused-ring (bicyclic) bond motifs is 4. The number of nitrogens with zero attached hydrogens (tertiary/aromatic N) is 2. The zero-order chi connectivity index (χ0) is 36.9. The van der Waals surface area contributed by atoms with Crippen LogP contribution >= 0.6 is 0 Å². The van der Waals surface area contributed by atoms with Crippen LogP contribution in [0.15, 0.2) is 194 Å². The molecule has 0 amide bonds. The topological polar surface area (TPSA) is 25.8 Å². The van der Waals surface area contributed by atoms with E-state index < -0.39 is 0 Å². The van der Waals surface area contributed by atoms with E-state index in [0.29, 0.717) is 5.82 Å². The fraction of sp³-hybridized carbons (Fsp3) is 0.0566. The fourth-order valence-corrected chi connectivity index (χ4v) is 8.25. The standard InChI is InChI=1S/C53H38N2/c1-53(2)48-29-28-44(32-46(48)47-31-42-16-9-10-17-43(42)33-49(47)53)38-22-20-37(21-23-38)41-18-11-19-45(30-41)51-34-50(54-52(55-51)40-14-7-4-8-15-40)39-26-24-36(25-27-39)35-12-5-3-6-13-35/h3-34H,1-2H3. The van der Waals surface area contributed by atoms with Gasteiger partial charge in [0, 0.05) is 22.1 Å². The third-order valence-electron chi connectivity index (χ3n) is 11.3. The van der Waals surface area contributed by atoms with Crippen molar-refractivity contribution in [3.8, 4) is 78.4 Å². The first-order chi connectivity index (χ1) is 27.0. The van der Waals surface area contributed by atoms with Crippen molar-refractivity contribution in [3.63, 3.8) is 0 Å². The Hall–Kier alpha value is -6.90. The molecule has 0 saturated carbocycles. The smallest absolute Gasteiger partial charge is 0.160 e. The highest BCUT2D eigenvalue weighted by atomic mass is 14.9. The summed E-state index contributed by atoms with van der Waals surface area (Å²) in [6.07, 6.45) is 0. The van der Waals surface area contributed by atoms with E-state index in [1.807, 2.05) is 24.3 Å². The molecule has 8 aromatic carbocycles. The molecule has 0 aliphatic heterocycles. The molecule has 0 unspecified atom stereocenters. The lowest BCUT2D eigenvalue weighted by atomic mass is 9.81. The van der Waals surface area contributed by atoms with Gasteiger partial charge in [-0.1, -0.05) is 178 Å². The first kappa shape index (κ1) is 32.7. The van der Waals surface area contributed by atoms with Crippen LogP contribution in [0, 0.1) is 0 Å². The van der Waals surface area contributed by atoms with Gasteiger partial charge in [0.15, 0.2) is 5.82 Å². The number of hydrogen-bond donors (Lipinski definition) is 0. The molecule has 2 heteroatoms. The van der Waals surface area contributed by atoms with E-state index in [-0.39, 0.29) is 5.41 Å². The minimum atomic E-state index is -0.0403. The molecule has 1 heterocycles. The van der Waals surface area contributed by atoms with Crippen LogP contribution in [0.5, 0.6) is 0 Å². The minimum Gasteiger partial charge on any atom is -0.228 e. The maximum atomic E-state index is 5.11. The molecular weight excluding hydrogens is 665 g/mol. The second kappa shape index (κ2) is 13.2. The molecule has 55 heavy (non-hydrogen) atoms. The molecule has 0 N–H and O–H groups in total. The van der Waals surface area contributed by atoms with Gasteiger partial charge in [0.25, 0.3) is 0 Å². The Morgan fingerprint density at radius 3 is 1.44 bits per heavy atom. The zero-order valence-electron chi connectivity index (χ0n) is 30.9. The van der Waals surface area contributed by atoms with Gasteiger partial charge in [0.1, 0.15) is 0 Å². The van der Waals surface area contributed by atoms with Gasteiger partial charge in [0.05, 0.1) is 11.4 Å². The molecule has 1 aliphatic rings. The highest BCUT2D eigenvalue weighted by Gasteiger charge is 2.35. The van der Waals surface area contributed by atoms with Gasteiger partial charge in [-0.05, 0) is 96.7 Å². The van der Waals surface area contributed by atoms with Crippen molar-refractivity contribution in [1.82, 2.24) is 9.97 Å². The average Bonchev–Trinajstić information content (AvgIpc) is 3.47. The molecule has 0 fully saturated rings. The molecule has 0 spiro atoms. The first-order valence-electron chi connectivity index (χ1n) is 19.0. The predicted octanol–water partition coefficient (Wildman–Crippen LogP) is 13.9. The second-order valence-electron chi connectivity index (χ2n) is 15.1. The van der Waals surface area contributed by atoms with E-state index in [0.717, 1.165) is 33.6 Å². The third-order valence-corrected chi connectivity index (χ3v) is 11.3. The van der Waals surface area contributed by atoms with Crippen LogP contribution in [-0.2, 0) is 5.41 Å². The summed E-state index contributed by atoms with van der Waals surface area (Å²) in [7, 11) is 0. The highest BCUT2D eigenvalue weighted by Crippen LogP contribution is 2.51. The van der Waals surface area contributed by atoms with E-state index in [1.54, 1.807) is 0 Å². The van der Waals surface area contributed by atoms with Gasteiger partial charge in [-0.3, -0.25) is 0 Å². The molecule has 2 nitrogen and oxygen atoms in total. The SMILES string of the molecule is CC1(C)c2ccc(-c3ccc(-c4cccc(-c5cc(-c6ccc(-c7ccccc7)cc6)nc(-c6ccccc6)n5)c4)cc3)cc2-c2cc3ccccc3cc21. The Bertz CT molecular complexity index is 2850. The molecule has 9 aromatic rings. The minimum absolute atomic E-state index is 0.0403. The zero-order valence-corrected chi connectivity index (χ0v) is 30.9. The van der Waals surface area contributed by atoms with Gasteiger partial charge in [-0.25, -0.2) is 9.97 Å². The molecule has 260 valence electrons. The van der Waals surface area contributed by atoms with Crippen LogP contribution in [0.3, 0.4) is 0 Å². The molecule has 1 aromatic heterocycles. The van der Waals surface area contributed by atoms with Gasteiger partial charge >= 0.3 is 0 Å². The summed E-state index contributed by atoms with van der Waals surface area (Å²) in [6.45, 7) is 4.70. The van der Waals surface area contributed by atoms with Gasteiger partial charge in [0.2, 0.25) is 0 Å². The van der Waals surface area contributed by atoms with Gasteiger partial charge < -0.3 is 0 Å². The molecule has 0 radical (unpaired) electrons. The lowest BCUT2D eigenvalue weighted by molar-refractivity contribution is 0.661. The van der Waals surface area contributed by atoms with E-state index in [4.69, 9.17) is 9.97 Å². The van der Waals surface area contributed by atoms with E-state index >= 15 is 0 Å². The van der Waals surface area contributed by atoms with Crippen LogP contribution in [0.2, 0.25) is 0 Å².